The van der Waals surface area contributed by atoms with Crippen LogP contribution in [-0.2, 0) is 6.42 Å². The Morgan fingerprint density at radius 2 is 2.15 bits per heavy atom. The normalized spacial score (nSPS) is 18.7. The predicted molar refractivity (Wildman–Crippen MR) is 59.0 cm³/mol. The summed E-state index contributed by atoms with van der Waals surface area (Å²) in [7, 11) is 0. The maximum Gasteiger partial charge on any atom is 0.0439 e. The quantitative estimate of drug-likeness (QED) is 0.869. The predicted octanol–water partition coefficient (Wildman–Crippen LogP) is 3.14. The summed E-state index contributed by atoms with van der Waals surface area (Å²) < 4.78 is 1.07. The van der Waals surface area contributed by atoms with Gasteiger partial charge in [0.2, 0.25) is 0 Å². The van der Waals surface area contributed by atoms with Crippen molar-refractivity contribution < 1.29 is 0 Å². The highest BCUT2D eigenvalue weighted by atomic mass is 79.9. The maximum atomic E-state index is 6.05. The van der Waals surface area contributed by atoms with E-state index in [4.69, 9.17) is 17.3 Å². The first-order valence-electron chi connectivity index (χ1n) is 4.32. The molecule has 2 N–H and O–H groups in total. The van der Waals surface area contributed by atoms with E-state index in [0.717, 1.165) is 34.3 Å². The molecule has 3 heteroatoms. The van der Waals surface area contributed by atoms with Crippen LogP contribution in [0.2, 0.25) is 5.02 Å². The van der Waals surface area contributed by atoms with Gasteiger partial charge in [0.05, 0.1) is 0 Å². The summed E-state index contributed by atoms with van der Waals surface area (Å²) in [5.41, 5.74) is 7.20. The van der Waals surface area contributed by atoms with Crippen molar-refractivity contribution in [1.29, 1.82) is 0 Å². The van der Waals surface area contributed by atoms with Crippen molar-refractivity contribution in [1.82, 2.24) is 0 Å². The molecule has 0 saturated heterocycles. The second kappa shape index (κ2) is 3.26. The van der Waals surface area contributed by atoms with E-state index < -0.39 is 0 Å². The average molecular weight is 261 g/mol. The van der Waals surface area contributed by atoms with Crippen LogP contribution >= 0.6 is 27.5 Å². The van der Waals surface area contributed by atoms with E-state index in [-0.39, 0.29) is 5.54 Å². The Morgan fingerprint density at radius 1 is 1.46 bits per heavy atom. The first kappa shape index (κ1) is 9.50. The van der Waals surface area contributed by atoms with Crippen molar-refractivity contribution in [3.63, 3.8) is 0 Å². The Balaban J connectivity index is 2.23. The standard InChI is InChI=1S/C10H11BrClN/c11-8-1-2-9(12)7(5-8)6-10(13)3-4-10/h1-2,5H,3-4,6,13H2. The molecule has 2 rings (SSSR count). The van der Waals surface area contributed by atoms with Gasteiger partial charge in [-0.25, -0.2) is 0 Å². The molecule has 0 spiro atoms. The minimum atomic E-state index is 0.0322. The van der Waals surface area contributed by atoms with Gasteiger partial charge in [0.15, 0.2) is 0 Å². The monoisotopic (exact) mass is 259 g/mol. The van der Waals surface area contributed by atoms with Gasteiger partial charge in [-0.15, -0.1) is 0 Å². The van der Waals surface area contributed by atoms with E-state index in [1.165, 1.54) is 0 Å². The molecule has 0 aliphatic heterocycles. The fourth-order valence-electron chi connectivity index (χ4n) is 1.40. The highest BCUT2D eigenvalue weighted by Crippen LogP contribution is 2.37. The lowest BCUT2D eigenvalue weighted by Crippen LogP contribution is -2.24. The third-order valence-corrected chi connectivity index (χ3v) is 3.30. The molecule has 0 bridgehead atoms. The lowest BCUT2D eigenvalue weighted by molar-refractivity contribution is 0.672. The first-order valence-corrected chi connectivity index (χ1v) is 5.49. The number of hydrogen-bond acceptors (Lipinski definition) is 1. The molecule has 1 aliphatic carbocycles. The molecule has 1 aromatic carbocycles. The van der Waals surface area contributed by atoms with Gasteiger partial charge in [0.25, 0.3) is 0 Å². The molecule has 0 heterocycles. The van der Waals surface area contributed by atoms with E-state index in [9.17, 15) is 0 Å². The fourth-order valence-corrected chi connectivity index (χ4v) is 1.99. The number of nitrogens with two attached hydrogens (primary N) is 1. The lowest BCUT2D eigenvalue weighted by atomic mass is 10.1. The molecule has 1 fully saturated rings. The van der Waals surface area contributed by atoms with Gasteiger partial charge in [0.1, 0.15) is 0 Å². The number of benzene rings is 1. The van der Waals surface area contributed by atoms with Gasteiger partial charge < -0.3 is 5.73 Å². The zero-order valence-corrected chi connectivity index (χ0v) is 9.53. The number of hydrogen-bond donors (Lipinski definition) is 1. The van der Waals surface area contributed by atoms with Crippen LogP contribution in [0.15, 0.2) is 22.7 Å². The molecule has 1 aromatic rings. The summed E-state index contributed by atoms with van der Waals surface area (Å²) in [6.45, 7) is 0. The van der Waals surface area contributed by atoms with Crippen molar-refractivity contribution in [2.45, 2.75) is 24.8 Å². The van der Waals surface area contributed by atoms with Crippen LogP contribution in [0.25, 0.3) is 0 Å². The van der Waals surface area contributed by atoms with Crippen LogP contribution in [0.5, 0.6) is 0 Å². The van der Waals surface area contributed by atoms with Crippen molar-refractivity contribution in [2.75, 3.05) is 0 Å². The molecular weight excluding hydrogens is 249 g/mol. The molecule has 1 saturated carbocycles. The zero-order valence-electron chi connectivity index (χ0n) is 7.19. The summed E-state index contributed by atoms with van der Waals surface area (Å²) >= 11 is 9.48. The first-order chi connectivity index (χ1) is 6.09. The molecule has 70 valence electrons. The van der Waals surface area contributed by atoms with Crippen LogP contribution < -0.4 is 5.73 Å². The Hall–Kier alpha value is -0.0500. The molecule has 0 unspecified atom stereocenters. The van der Waals surface area contributed by atoms with Crippen LogP contribution in [0.3, 0.4) is 0 Å². The molecule has 0 radical (unpaired) electrons. The largest absolute Gasteiger partial charge is 0.325 e. The topological polar surface area (TPSA) is 26.0 Å². The Morgan fingerprint density at radius 3 is 2.77 bits per heavy atom. The lowest BCUT2D eigenvalue weighted by Gasteiger charge is -2.10. The average Bonchev–Trinajstić information content (AvgIpc) is 2.76. The van der Waals surface area contributed by atoms with Gasteiger partial charge in [0, 0.05) is 15.0 Å². The fraction of sp³-hybridized carbons (Fsp3) is 0.400. The van der Waals surface area contributed by atoms with Crippen molar-refractivity contribution in [3.8, 4) is 0 Å². The summed E-state index contributed by atoms with van der Waals surface area (Å²) in [6.07, 6.45) is 3.14. The third kappa shape index (κ3) is 2.25. The molecule has 13 heavy (non-hydrogen) atoms. The Bertz CT molecular complexity index is 334. The molecule has 0 amide bonds. The van der Waals surface area contributed by atoms with Crippen LogP contribution in [0.4, 0.5) is 0 Å². The minimum absolute atomic E-state index is 0.0322. The van der Waals surface area contributed by atoms with Gasteiger partial charge in [-0.3, -0.25) is 0 Å². The maximum absolute atomic E-state index is 6.05. The van der Waals surface area contributed by atoms with E-state index in [1.807, 2.05) is 12.1 Å². The smallest absolute Gasteiger partial charge is 0.0439 e. The highest BCUT2D eigenvalue weighted by molar-refractivity contribution is 9.10. The van der Waals surface area contributed by atoms with Crippen molar-refractivity contribution >= 4 is 27.5 Å². The summed E-state index contributed by atoms with van der Waals surface area (Å²) in [6, 6.07) is 5.91. The van der Waals surface area contributed by atoms with Crippen molar-refractivity contribution in [3.05, 3.63) is 33.3 Å². The zero-order chi connectivity index (χ0) is 9.47. The van der Waals surface area contributed by atoms with Gasteiger partial charge >= 0.3 is 0 Å². The SMILES string of the molecule is NC1(Cc2cc(Br)ccc2Cl)CC1. The van der Waals surface area contributed by atoms with E-state index >= 15 is 0 Å². The Labute approximate surface area is 91.4 Å². The van der Waals surface area contributed by atoms with Crippen molar-refractivity contribution in [2.24, 2.45) is 5.73 Å². The number of rotatable bonds is 2. The molecular formula is C10H11BrClN. The summed E-state index contributed by atoms with van der Waals surface area (Å²) in [4.78, 5) is 0. The molecule has 1 aliphatic rings. The molecule has 0 aromatic heterocycles. The van der Waals surface area contributed by atoms with Gasteiger partial charge in [-0.05, 0) is 43.0 Å². The second-order valence-corrected chi connectivity index (χ2v) is 5.10. The third-order valence-electron chi connectivity index (χ3n) is 2.44. The van der Waals surface area contributed by atoms with E-state index in [1.54, 1.807) is 0 Å². The van der Waals surface area contributed by atoms with Crippen LogP contribution in [0.1, 0.15) is 18.4 Å². The summed E-state index contributed by atoms with van der Waals surface area (Å²) in [5, 5.41) is 0.819. The van der Waals surface area contributed by atoms with Gasteiger partial charge in [-0.2, -0.15) is 0 Å². The minimum Gasteiger partial charge on any atom is -0.325 e. The van der Waals surface area contributed by atoms with Crippen LogP contribution in [-0.4, -0.2) is 5.54 Å². The second-order valence-electron chi connectivity index (χ2n) is 3.77. The number of halogens is 2. The van der Waals surface area contributed by atoms with Gasteiger partial charge in [-0.1, -0.05) is 27.5 Å². The Kier molecular flexibility index (Phi) is 2.39. The summed E-state index contributed by atoms with van der Waals surface area (Å²) in [5.74, 6) is 0. The highest BCUT2D eigenvalue weighted by Gasteiger charge is 2.38. The molecule has 0 atom stereocenters. The van der Waals surface area contributed by atoms with E-state index in [0.29, 0.717) is 0 Å². The van der Waals surface area contributed by atoms with Crippen LogP contribution in [0, 0.1) is 0 Å². The van der Waals surface area contributed by atoms with E-state index in [2.05, 4.69) is 22.0 Å². The molecule has 1 nitrogen and oxygen atoms in total.